The zero-order chi connectivity index (χ0) is 22.1. The zero-order valence-corrected chi connectivity index (χ0v) is 18.4. The fourth-order valence-corrected chi connectivity index (χ4v) is 4.62. The Balaban J connectivity index is 1.49. The van der Waals surface area contributed by atoms with Crippen LogP contribution in [0.1, 0.15) is 55.3 Å². The fourth-order valence-electron chi connectivity index (χ4n) is 3.77. The van der Waals surface area contributed by atoms with Crippen LogP contribution < -0.4 is 10.6 Å². The number of amides is 4. The highest BCUT2D eigenvalue weighted by molar-refractivity contribution is 8.00. The monoisotopic (exact) mass is 447 g/mol. The highest BCUT2D eigenvalue weighted by Gasteiger charge is 2.27. The van der Waals surface area contributed by atoms with Gasteiger partial charge in [0.05, 0.1) is 11.3 Å². The van der Waals surface area contributed by atoms with E-state index in [0.717, 1.165) is 30.6 Å². The van der Waals surface area contributed by atoms with Crippen LogP contribution in [0.3, 0.4) is 0 Å². The van der Waals surface area contributed by atoms with E-state index in [9.17, 15) is 19.2 Å². The van der Waals surface area contributed by atoms with Crippen LogP contribution in [-0.4, -0.2) is 60.2 Å². The highest BCUT2D eigenvalue weighted by atomic mass is 32.2. The average Bonchev–Trinajstić information content (AvgIpc) is 3.18. The van der Waals surface area contributed by atoms with E-state index in [1.54, 1.807) is 24.3 Å². The van der Waals surface area contributed by atoms with Gasteiger partial charge in [-0.15, -0.1) is 11.8 Å². The number of imide groups is 1. The SMILES string of the molecule is O=C(CSc1ccccc1C(=O)OCC(=O)N1CCNC1=O)NC1CCCCCCC1. The maximum atomic E-state index is 12.5. The minimum atomic E-state index is -0.656. The lowest BCUT2D eigenvalue weighted by atomic mass is 9.97. The normalized spacial score (nSPS) is 17.4. The Morgan fingerprint density at radius 2 is 1.81 bits per heavy atom. The van der Waals surface area contributed by atoms with E-state index in [-0.39, 0.29) is 24.2 Å². The minimum absolute atomic E-state index is 0.0473. The molecular weight excluding hydrogens is 418 g/mol. The molecular formula is C22H29N3O5S. The molecule has 2 aliphatic rings. The van der Waals surface area contributed by atoms with Gasteiger partial charge in [0.1, 0.15) is 0 Å². The van der Waals surface area contributed by atoms with E-state index in [1.807, 2.05) is 0 Å². The number of urea groups is 1. The minimum Gasteiger partial charge on any atom is -0.452 e. The van der Waals surface area contributed by atoms with Crippen LogP contribution in [0.4, 0.5) is 4.79 Å². The fraction of sp³-hybridized carbons (Fsp3) is 0.545. The number of esters is 1. The molecule has 1 aromatic rings. The lowest BCUT2D eigenvalue weighted by molar-refractivity contribution is -0.130. The van der Waals surface area contributed by atoms with Crippen molar-refractivity contribution in [2.75, 3.05) is 25.4 Å². The second kappa shape index (κ2) is 11.7. The average molecular weight is 448 g/mol. The van der Waals surface area contributed by atoms with Gasteiger partial charge in [-0.1, -0.05) is 44.2 Å². The first kappa shape index (κ1) is 23.1. The van der Waals surface area contributed by atoms with Gasteiger partial charge in [0, 0.05) is 24.0 Å². The smallest absolute Gasteiger partial charge is 0.339 e. The molecule has 3 rings (SSSR count). The van der Waals surface area contributed by atoms with Crippen LogP contribution in [0, 0.1) is 0 Å². The predicted octanol–water partition coefficient (Wildman–Crippen LogP) is 2.72. The molecule has 0 spiro atoms. The lowest BCUT2D eigenvalue weighted by Gasteiger charge is -2.21. The molecule has 1 saturated heterocycles. The topological polar surface area (TPSA) is 105 Å². The third kappa shape index (κ3) is 6.99. The van der Waals surface area contributed by atoms with Crippen LogP contribution in [0.15, 0.2) is 29.2 Å². The first-order valence-electron chi connectivity index (χ1n) is 10.8. The van der Waals surface area contributed by atoms with Crippen molar-refractivity contribution in [1.82, 2.24) is 15.5 Å². The van der Waals surface area contributed by atoms with E-state index in [4.69, 9.17) is 4.74 Å². The van der Waals surface area contributed by atoms with Gasteiger partial charge < -0.3 is 15.4 Å². The van der Waals surface area contributed by atoms with Crippen molar-refractivity contribution in [2.24, 2.45) is 0 Å². The number of hydrogen-bond donors (Lipinski definition) is 2. The Labute approximate surface area is 186 Å². The number of thioether (sulfide) groups is 1. The van der Waals surface area contributed by atoms with Gasteiger partial charge in [0.2, 0.25) is 5.91 Å². The summed E-state index contributed by atoms with van der Waals surface area (Å²) < 4.78 is 5.12. The van der Waals surface area contributed by atoms with Gasteiger partial charge >= 0.3 is 12.0 Å². The Morgan fingerprint density at radius 3 is 2.52 bits per heavy atom. The maximum absolute atomic E-state index is 12.5. The summed E-state index contributed by atoms with van der Waals surface area (Å²) in [5.74, 6) is -1.06. The number of nitrogens with zero attached hydrogens (tertiary/aromatic N) is 1. The van der Waals surface area contributed by atoms with Gasteiger partial charge in [0.25, 0.3) is 5.91 Å². The molecule has 1 aliphatic carbocycles. The molecule has 2 fully saturated rings. The van der Waals surface area contributed by atoms with E-state index in [1.165, 1.54) is 31.0 Å². The number of rotatable bonds is 7. The molecule has 1 heterocycles. The molecule has 0 bridgehead atoms. The third-order valence-corrected chi connectivity index (χ3v) is 6.49. The quantitative estimate of drug-likeness (QED) is 0.492. The second-order valence-corrected chi connectivity index (χ2v) is 8.77. The molecule has 168 valence electrons. The summed E-state index contributed by atoms with van der Waals surface area (Å²) in [6.45, 7) is 0.145. The van der Waals surface area contributed by atoms with Gasteiger partial charge in [0.15, 0.2) is 6.61 Å². The van der Waals surface area contributed by atoms with Crippen molar-refractivity contribution >= 4 is 35.6 Å². The molecule has 0 aromatic heterocycles. The maximum Gasteiger partial charge on any atom is 0.339 e. The molecule has 1 saturated carbocycles. The number of nitrogens with one attached hydrogen (secondary N) is 2. The summed E-state index contributed by atoms with van der Waals surface area (Å²) >= 11 is 1.27. The molecule has 4 amide bonds. The highest BCUT2D eigenvalue weighted by Crippen LogP contribution is 2.24. The molecule has 1 aliphatic heterocycles. The van der Waals surface area contributed by atoms with Crippen LogP contribution in [0.2, 0.25) is 0 Å². The molecule has 31 heavy (non-hydrogen) atoms. The van der Waals surface area contributed by atoms with Crippen LogP contribution in [0.5, 0.6) is 0 Å². The van der Waals surface area contributed by atoms with Gasteiger partial charge in [-0.2, -0.15) is 0 Å². The van der Waals surface area contributed by atoms with E-state index < -0.39 is 24.5 Å². The van der Waals surface area contributed by atoms with Crippen molar-refractivity contribution in [3.63, 3.8) is 0 Å². The first-order valence-corrected chi connectivity index (χ1v) is 11.8. The van der Waals surface area contributed by atoms with E-state index in [2.05, 4.69) is 10.6 Å². The second-order valence-electron chi connectivity index (χ2n) is 7.75. The number of carbonyl (C=O) groups is 4. The van der Waals surface area contributed by atoms with E-state index in [0.29, 0.717) is 17.0 Å². The van der Waals surface area contributed by atoms with E-state index >= 15 is 0 Å². The molecule has 0 atom stereocenters. The molecule has 0 unspecified atom stereocenters. The first-order chi connectivity index (χ1) is 15.0. The summed E-state index contributed by atoms with van der Waals surface area (Å²) in [6, 6.07) is 6.58. The Bertz CT molecular complexity index is 808. The summed E-state index contributed by atoms with van der Waals surface area (Å²) in [7, 11) is 0. The molecule has 1 aromatic carbocycles. The predicted molar refractivity (Wildman–Crippen MR) is 117 cm³/mol. The zero-order valence-electron chi connectivity index (χ0n) is 17.6. The van der Waals surface area contributed by atoms with Crippen molar-refractivity contribution in [2.45, 2.75) is 55.9 Å². The largest absolute Gasteiger partial charge is 0.452 e. The number of ether oxygens (including phenoxy) is 1. The summed E-state index contributed by atoms with van der Waals surface area (Å²) in [5.41, 5.74) is 0.296. The van der Waals surface area contributed by atoms with Crippen molar-refractivity contribution in [3.05, 3.63) is 29.8 Å². The van der Waals surface area contributed by atoms with Gasteiger partial charge in [-0.25, -0.2) is 9.59 Å². The third-order valence-electron chi connectivity index (χ3n) is 5.42. The standard InChI is InChI=1S/C22H29N3O5S/c26-19(24-16-8-4-2-1-3-5-9-16)15-31-18-11-7-6-10-17(18)21(28)30-14-20(27)25-13-12-23-22(25)29/h6-7,10-11,16H,1-5,8-9,12-15H2,(H,23,29)(H,24,26). The number of benzene rings is 1. The van der Waals surface area contributed by atoms with Crippen LogP contribution in [0.25, 0.3) is 0 Å². The Kier molecular flexibility index (Phi) is 8.75. The Morgan fingerprint density at radius 1 is 1.10 bits per heavy atom. The van der Waals surface area contributed by atoms with Crippen LogP contribution >= 0.6 is 11.8 Å². The number of hydrogen-bond acceptors (Lipinski definition) is 6. The van der Waals surface area contributed by atoms with Crippen LogP contribution in [-0.2, 0) is 14.3 Å². The lowest BCUT2D eigenvalue weighted by Crippen LogP contribution is -2.37. The van der Waals surface area contributed by atoms with Crippen molar-refractivity contribution in [3.8, 4) is 0 Å². The summed E-state index contributed by atoms with van der Waals surface area (Å²) in [4.78, 5) is 50.1. The molecule has 9 heteroatoms. The van der Waals surface area contributed by atoms with Crippen molar-refractivity contribution in [1.29, 1.82) is 0 Å². The number of carbonyl (C=O) groups excluding carboxylic acids is 4. The van der Waals surface area contributed by atoms with Gasteiger partial charge in [-0.05, 0) is 25.0 Å². The molecule has 8 nitrogen and oxygen atoms in total. The molecule has 0 radical (unpaired) electrons. The summed E-state index contributed by atoms with van der Waals surface area (Å²) in [5, 5.41) is 5.64. The van der Waals surface area contributed by atoms with Gasteiger partial charge in [-0.3, -0.25) is 14.5 Å². The Hall–Kier alpha value is -2.55. The summed E-state index contributed by atoms with van der Waals surface area (Å²) in [6.07, 6.45) is 8.04. The molecule has 2 N–H and O–H groups in total. The van der Waals surface area contributed by atoms with Crippen molar-refractivity contribution < 1.29 is 23.9 Å².